The summed E-state index contributed by atoms with van der Waals surface area (Å²) >= 11 is 3.37. The van der Waals surface area contributed by atoms with Crippen LogP contribution in [0.2, 0.25) is 0 Å². The Kier molecular flexibility index (Phi) is 5.88. The molecule has 1 nitrogen and oxygen atoms in total. The maximum Gasteiger partial charge on any atom is 0.124 e. The third kappa shape index (κ3) is 4.76. The van der Waals surface area contributed by atoms with Crippen LogP contribution >= 0.6 is 15.9 Å². The molecular weight excluding hydrogens is 257 g/mol. The van der Waals surface area contributed by atoms with E-state index in [9.17, 15) is 4.39 Å². The highest BCUT2D eigenvalue weighted by molar-refractivity contribution is 9.10. The Hall–Kier alpha value is -0.410. The molecule has 0 fully saturated rings. The highest BCUT2D eigenvalue weighted by Gasteiger charge is 2.00. The van der Waals surface area contributed by atoms with Gasteiger partial charge in [0.05, 0.1) is 0 Å². The molecule has 0 heterocycles. The van der Waals surface area contributed by atoms with E-state index in [2.05, 4.69) is 28.2 Å². The molecule has 0 amide bonds. The van der Waals surface area contributed by atoms with Crippen LogP contribution < -0.4 is 5.32 Å². The average molecular weight is 274 g/mol. The minimum atomic E-state index is -0.185. The third-order valence-electron chi connectivity index (χ3n) is 2.24. The second kappa shape index (κ2) is 6.96. The van der Waals surface area contributed by atoms with Crippen molar-refractivity contribution in [1.82, 2.24) is 5.32 Å². The van der Waals surface area contributed by atoms with E-state index in [-0.39, 0.29) is 5.82 Å². The van der Waals surface area contributed by atoms with Crippen molar-refractivity contribution in [2.75, 3.05) is 13.1 Å². The lowest BCUT2D eigenvalue weighted by Crippen LogP contribution is -2.16. The molecule has 0 radical (unpaired) electrons. The Morgan fingerprint density at radius 1 is 1.33 bits per heavy atom. The molecule has 0 atom stereocenters. The van der Waals surface area contributed by atoms with Gasteiger partial charge in [-0.2, -0.15) is 0 Å². The van der Waals surface area contributed by atoms with Crippen LogP contribution in [0.25, 0.3) is 0 Å². The summed E-state index contributed by atoms with van der Waals surface area (Å²) < 4.78 is 13.7. The quantitative estimate of drug-likeness (QED) is 0.783. The summed E-state index contributed by atoms with van der Waals surface area (Å²) in [4.78, 5) is 0. The number of hydrogen-bond donors (Lipinski definition) is 1. The molecule has 0 aliphatic carbocycles. The van der Waals surface area contributed by atoms with Gasteiger partial charge in [0.25, 0.3) is 0 Å². The summed E-state index contributed by atoms with van der Waals surface area (Å²) in [5, 5.41) is 3.35. The van der Waals surface area contributed by atoms with Crippen LogP contribution in [0.4, 0.5) is 4.39 Å². The van der Waals surface area contributed by atoms with E-state index in [0.29, 0.717) is 0 Å². The van der Waals surface area contributed by atoms with Gasteiger partial charge in [0, 0.05) is 4.47 Å². The smallest absolute Gasteiger partial charge is 0.124 e. The van der Waals surface area contributed by atoms with Crippen molar-refractivity contribution < 1.29 is 4.39 Å². The van der Waals surface area contributed by atoms with Gasteiger partial charge in [-0.1, -0.05) is 28.9 Å². The molecule has 0 aromatic heterocycles. The van der Waals surface area contributed by atoms with Crippen molar-refractivity contribution in [1.29, 1.82) is 0 Å². The number of rotatable bonds is 6. The van der Waals surface area contributed by atoms with Gasteiger partial charge in [0.2, 0.25) is 0 Å². The molecule has 0 aliphatic heterocycles. The fourth-order valence-corrected chi connectivity index (χ4v) is 1.98. The molecule has 1 aromatic rings. The molecule has 1 aromatic carbocycles. The van der Waals surface area contributed by atoms with E-state index in [1.54, 1.807) is 0 Å². The highest BCUT2D eigenvalue weighted by atomic mass is 79.9. The van der Waals surface area contributed by atoms with Gasteiger partial charge in [-0.3, -0.25) is 0 Å². The summed E-state index contributed by atoms with van der Waals surface area (Å²) in [5.41, 5.74) is 1.18. The second-order valence-electron chi connectivity index (χ2n) is 3.59. The Morgan fingerprint density at radius 3 is 2.80 bits per heavy atom. The summed E-state index contributed by atoms with van der Waals surface area (Å²) in [6.07, 6.45) is 3.24. The SMILES string of the molecule is CCCNCCCc1ccc(F)cc1Br. The van der Waals surface area contributed by atoms with Gasteiger partial charge in [-0.25, -0.2) is 4.39 Å². The summed E-state index contributed by atoms with van der Waals surface area (Å²) in [6, 6.07) is 4.88. The van der Waals surface area contributed by atoms with Crippen LogP contribution in [-0.4, -0.2) is 13.1 Å². The highest BCUT2D eigenvalue weighted by Crippen LogP contribution is 2.19. The largest absolute Gasteiger partial charge is 0.317 e. The fourth-order valence-electron chi connectivity index (χ4n) is 1.43. The van der Waals surface area contributed by atoms with Crippen molar-refractivity contribution in [3.63, 3.8) is 0 Å². The average Bonchev–Trinajstić information content (AvgIpc) is 2.20. The lowest BCUT2D eigenvalue weighted by molar-refractivity contribution is 0.622. The van der Waals surface area contributed by atoms with E-state index in [0.717, 1.165) is 30.4 Å². The van der Waals surface area contributed by atoms with Crippen molar-refractivity contribution >= 4 is 15.9 Å². The molecule has 0 saturated carbocycles. The van der Waals surface area contributed by atoms with Gasteiger partial charge in [-0.15, -0.1) is 0 Å². The van der Waals surface area contributed by atoms with Crippen LogP contribution in [0.3, 0.4) is 0 Å². The predicted molar refractivity (Wildman–Crippen MR) is 65.6 cm³/mol. The number of halogens is 2. The van der Waals surface area contributed by atoms with E-state index in [1.807, 2.05) is 6.07 Å². The van der Waals surface area contributed by atoms with Crippen LogP contribution in [-0.2, 0) is 6.42 Å². The molecule has 0 spiro atoms. The zero-order valence-corrected chi connectivity index (χ0v) is 10.6. The van der Waals surface area contributed by atoms with E-state index >= 15 is 0 Å². The molecule has 0 bridgehead atoms. The Balaban J connectivity index is 2.31. The lowest BCUT2D eigenvalue weighted by atomic mass is 10.1. The monoisotopic (exact) mass is 273 g/mol. The topological polar surface area (TPSA) is 12.0 Å². The van der Waals surface area contributed by atoms with Crippen LogP contribution in [0.15, 0.2) is 22.7 Å². The fraction of sp³-hybridized carbons (Fsp3) is 0.500. The van der Waals surface area contributed by atoms with E-state index in [4.69, 9.17) is 0 Å². The van der Waals surface area contributed by atoms with Gasteiger partial charge in [0.15, 0.2) is 0 Å². The van der Waals surface area contributed by atoms with Crippen molar-refractivity contribution in [2.24, 2.45) is 0 Å². The molecule has 3 heteroatoms. The Labute approximate surface area is 99.2 Å². The van der Waals surface area contributed by atoms with Crippen LogP contribution in [0.1, 0.15) is 25.3 Å². The molecule has 1 N–H and O–H groups in total. The van der Waals surface area contributed by atoms with Crippen LogP contribution in [0.5, 0.6) is 0 Å². The first-order valence-electron chi connectivity index (χ1n) is 5.38. The van der Waals surface area contributed by atoms with Gasteiger partial charge >= 0.3 is 0 Å². The molecule has 0 saturated heterocycles. The molecule has 84 valence electrons. The van der Waals surface area contributed by atoms with Crippen LogP contribution in [0, 0.1) is 5.82 Å². The summed E-state index contributed by atoms with van der Waals surface area (Å²) in [5.74, 6) is -0.185. The number of hydrogen-bond acceptors (Lipinski definition) is 1. The van der Waals surface area contributed by atoms with Gasteiger partial charge in [-0.05, 0) is 50.0 Å². The summed E-state index contributed by atoms with van der Waals surface area (Å²) in [7, 11) is 0. The van der Waals surface area contributed by atoms with Crippen molar-refractivity contribution in [3.05, 3.63) is 34.1 Å². The molecule has 0 aliphatic rings. The maximum atomic E-state index is 12.8. The minimum absolute atomic E-state index is 0.185. The summed E-state index contributed by atoms with van der Waals surface area (Å²) in [6.45, 7) is 4.26. The van der Waals surface area contributed by atoms with E-state index < -0.39 is 0 Å². The standard InChI is InChI=1S/C12H17BrFN/c1-2-7-15-8-3-4-10-5-6-11(14)9-12(10)13/h5-6,9,15H,2-4,7-8H2,1H3. The minimum Gasteiger partial charge on any atom is -0.317 e. The van der Waals surface area contributed by atoms with Gasteiger partial charge < -0.3 is 5.32 Å². The lowest BCUT2D eigenvalue weighted by Gasteiger charge is -2.05. The third-order valence-corrected chi connectivity index (χ3v) is 2.98. The number of aryl methyl sites for hydroxylation is 1. The van der Waals surface area contributed by atoms with Gasteiger partial charge in [0.1, 0.15) is 5.82 Å². The normalized spacial score (nSPS) is 10.6. The first-order valence-corrected chi connectivity index (χ1v) is 6.18. The van der Waals surface area contributed by atoms with E-state index in [1.165, 1.54) is 24.1 Å². The molecule has 1 rings (SSSR count). The molecular formula is C12H17BrFN. The first kappa shape index (κ1) is 12.7. The molecule has 15 heavy (non-hydrogen) atoms. The second-order valence-corrected chi connectivity index (χ2v) is 4.44. The maximum absolute atomic E-state index is 12.8. The van der Waals surface area contributed by atoms with Crippen molar-refractivity contribution in [2.45, 2.75) is 26.2 Å². The zero-order valence-electron chi connectivity index (χ0n) is 9.02. The predicted octanol–water partition coefficient (Wildman–Crippen LogP) is 3.52. The first-order chi connectivity index (χ1) is 7.24. The number of nitrogens with one attached hydrogen (secondary N) is 1. The Morgan fingerprint density at radius 2 is 2.13 bits per heavy atom. The molecule has 0 unspecified atom stereocenters. The zero-order chi connectivity index (χ0) is 11.1. The Bertz CT molecular complexity index is 302. The number of benzene rings is 1. The van der Waals surface area contributed by atoms with Crippen molar-refractivity contribution in [3.8, 4) is 0 Å².